The molecule has 0 atom stereocenters. The highest BCUT2D eigenvalue weighted by atomic mass is 32.2. The Morgan fingerprint density at radius 1 is 1.14 bits per heavy atom. The fourth-order valence-electron chi connectivity index (χ4n) is 2.94. The third kappa shape index (κ3) is 3.69. The van der Waals surface area contributed by atoms with Crippen molar-refractivity contribution in [1.29, 1.82) is 0 Å². The van der Waals surface area contributed by atoms with Crippen LogP contribution >= 0.6 is 0 Å². The molecule has 0 saturated heterocycles. The quantitative estimate of drug-likeness (QED) is 0.688. The lowest BCUT2D eigenvalue weighted by atomic mass is 10.1. The van der Waals surface area contributed by atoms with Gasteiger partial charge < -0.3 is 10.1 Å². The fraction of sp³-hybridized carbons (Fsp3) is 0.200. The number of aromatic nitrogens is 1. The Labute approximate surface area is 164 Å². The molecule has 0 aliphatic heterocycles. The number of benzene rings is 2. The molecule has 0 fully saturated rings. The van der Waals surface area contributed by atoms with E-state index in [4.69, 9.17) is 4.74 Å². The molecular formula is C20H21N3O4S. The standard InChI is InChI=1S/C20H21N3O4S/c1-21-20(24)14-6-9-16(10-7-14)28(25,26)23(2)13-15-8-11-18(27-3)19-17(15)5-4-12-22-19/h4-12H,13H2,1-3H3,(H,21,24). The maximum Gasteiger partial charge on any atom is 0.251 e. The summed E-state index contributed by atoms with van der Waals surface area (Å²) in [6.45, 7) is 0.172. The van der Waals surface area contributed by atoms with E-state index < -0.39 is 10.0 Å². The van der Waals surface area contributed by atoms with Crippen molar-refractivity contribution in [3.8, 4) is 5.75 Å². The lowest BCUT2D eigenvalue weighted by Crippen LogP contribution is -2.26. The minimum atomic E-state index is -3.72. The highest BCUT2D eigenvalue weighted by molar-refractivity contribution is 7.89. The minimum absolute atomic E-state index is 0.124. The number of ether oxygens (including phenoxy) is 1. The maximum atomic E-state index is 12.9. The van der Waals surface area contributed by atoms with Crippen LogP contribution in [0, 0.1) is 0 Å². The summed E-state index contributed by atoms with van der Waals surface area (Å²) in [5.74, 6) is 0.365. The average molecular weight is 399 g/mol. The van der Waals surface area contributed by atoms with Crippen molar-refractivity contribution in [2.45, 2.75) is 11.4 Å². The topological polar surface area (TPSA) is 88.6 Å². The molecule has 1 aromatic heterocycles. The van der Waals surface area contributed by atoms with Gasteiger partial charge in [-0.15, -0.1) is 0 Å². The van der Waals surface area contributed by atoms with Crippen LogP contribution in [-0.4, -0.2) is 44.8 Å². The van der Waals surface area contributed by atoms with Crippen LogP contribution in [0.3, 0.4) is 0 Å². The van der Waals surface area contributed by atoms with E-state index in [0.717, 1.165) is 10.9 Å². The number of carbonyl (C=O) groups is 1. The van der Waals surface area contributed by atoms with E-state index in [9.17, 15) is 13.2 Å². The number of amides is 1. The first kappa shape index (κ1) is 19.8. The van der Waals surface area contributed by atoms with Crippen molar-refractivity contribution in [3.05, 3.63) is 65.9 Å². The van der Waals surface area contributed by atoms with Crippen molar-refractivity contribution in [1.82, 2.24) is 14.6 Å². The summed E-state index contributed by atoms with van der Waals surface area (Å²) < 4.78 is 32.5. The number of nitrogens with zero attached hydrogens (tertiary/aromatic N) is 2. The number of hydrogen-bond acceptors (Lipinski definition) is 5. The number of nitrogens with one attached hydrogen (secondary N) is 1. The van der Waals surface area contributed by atoms with E-state index >= 15 is 0 Å². The van der Waals surface area contributed by atoms with Gasteiger partial charge in [0.2, 0.25) is 10.0 Å². The van der Waals surface area contributed by atoms with Crippen molar-refractivity contribution >= 4 is 26.8 Å². The van der Waals surface area contributed by atoms with Crippen LogP contribution in [-0.2, 0) is 16.6 Å². The second-order valence-corrected chi connectivity index (χ2v) is 8.24. The van der Waals surface area contributed by atoms with E-state index in [2.05, 4.69) is 10.3 Å². The number of methoxy groups -OCH3 is 1. The molecule has 0 unspecified atom stereocenters. The van der Waals surface area contributed by atoms with Gasteiger partial charge in [0, 0.05) is 37.8 Å². The van der Waals surface area contributed by atoms with Crippen LogP contribution in [0.4, 0.5) is 0 Å². The summed E-state index contributed by atoms with van der Waals surface area (Å²) in [5.41, 5.74) is 1.90. The van der Waals surface area contributed by atoms with Gasteiger partial charge in [0.05, 0.1) is 12.0 Å². The lowest BCUT2D eigenvalue weighted by Gasteiger charge is -2.19. The normalized spacial score (nSPS) is 11.6. The second kappa shape index (κ2) is 7.95. The minimum Gasteiger partial charge on any atom is -0.494 e. The van der Waals surface area contributed by atoms with Gasteiger partial charge in [0.15, 0.2) is 0 Å². The molecule has 3 aromatic rings. The van der Waals surface area contributed by atoms with E-state index in [0.29, 0.717) is 16.8 Å². The van der Waals surface area contributed by atoms with E-state index in [1.165, 1.54) is 42.7 Å². The van der Waals surface area contributed by atoms with Crippen LogP contribution in [0.1, 0.15) is 15.9 Å². The number of fused-ring (bicyclic) bond motifs is 1. The van der Waals surface area contributed by atoms with Gasteiger partial charge in [-0.1, -0.05) is 12.1 Å². The summed E-state index contributed by atoms with van der Waals surface area (Å²) in [4.78, 5) is 16.1. The Balaban J connectivity index is 1.91. The summed E-state index contributed by atoms with van der Waals surface area (Å²) >= 11 is 0. The third-order valence-electron chi connectivity index (χ3n) is 4.49. The summed E-state index contributed by atoms with van der Waals surface area (Å²) in [6, 6.07) is 13.2. The van der Waals surface area contributed by atoms with E-state index in [1.807, 2.05) is 12.1 Å². The van der Waals surface area contributed by atoms with Crippen molar-refractivity contribution in [3.63, 3.8) is 0 Å². The fourth-order valence-corrected chi connectivity index (χ4v) is 4.08. The van der Waals surface area contributed by atoms with Crippen LogP contribution in [0.2, 0.25) is 0 Å². The molecule has 28 heavy (non-hydrogen) atoms. The zero-order valence-corrected chi connectivity index (χ0v) is 16.7. The molecule has 7 nitrogen and oxygen atoms in total. The van der Waals surface area contributed by atoms with E-state index in [1.54, 1.807) is 25.4 Å². The number of rotatable bonds is 6. The summed E-state index contributed by atoms with van der Waals surface area (Å²) in [7, 11) is 0.896. The molecule has 1 heterocycles. The predicted octanol–water partition coefficient (Wildman–Crippen LogP) is 2.42. The summed E-state index contributed by atoms with van der Waals surface area (Å²) in [6.07, 6.45) is 1.67. The van der Waals surface area contributed by atoms with Gasteiger partial charge in [-0.05, 0) is 42.0 Å². The second-order valence-electron chi connectivity index (χ2n) is 6.19. The Morgan fingerprint density at radius 2 is 1.86 bits per heavy atom. The Kier molecular flexibility index (Phi) is 5.62. The van der Waals surface area contributed by atoms with Gasteiger partial charge in [-0.2, -0.15) is 4.31 Å². The SMILES string of the molecule is CNC(=O)c1ccc(S(=O)(=O)N(C)Cc2ccc(OC)c3ncccc23)cc1. The zero-order valence-electron chi connectivity index (χ0n) is 15.8. The highest BCUT2D eigenvalue weighted by Crippen LogP contribution is 2.28. The molecule has 0 aliphatic rings. The molecule has 146 valence electrons. The van der Waals surface area contributed by atoms with E-state index in [-0.39, 0.29) is 17.3 Å². The van der Waals surface area contributed by atoms with Crippen LogP contribution in [0.25, 0.3) is 10.9 Å². The Morgan fingerprint density at radius 3 is 2.50 bits per heavy atom. The molecular weight excluding hydrogens is 378 g/mol. The molecule has 1 amide bonds. The molecule has 0 radical (unpaired) electrons. The van der Waals surface area contributed by atoms with Gasteiger partial charge in [0.25, 0.3) is 5.91 Å². The average Bonchev–Trinajstić information content (AvgIpc) is 2.73. The van der Waals surface area contributed by atoms with Crippen molar-refractivity contribution < 1.29 is 17.9 Å². The molecule has 1 N–H and O–H groups in total. The zero-order chi connectivity index (χ0) is 20.3. The lowest BCUT2D eigenvalue weighted by molar-refractivity contribution is 0.0963. The van der Waals surface area contributed by atoms with Crippen molar-refractivity contribution in [2.24, 2.45) is 0 Å². The smallest absolute Gasteiger partial charge is 0.251 e. The van der Waals surface area contributed by atoms with Gasteiger partial charge in [-0.25, -0.2) is 8.42 Å². The van der Waals surface area contributed by atoms with Crippen LogP contribution in [0.15, 0.2) is 59.6 Å². The number of pyridine rings is 1. The summed E-state index contributed by atoms with van der Waals surface area (Å²) in [5, 5.41) is 3.34. The van der Waals surface area contributed by atoms with Crippen LogP contribution in [0.5, 0.6) is 5.75 Å². The molecule has 0 saturated carbocycles. The Bertz CT molecular complexity index is 1110. The molecule has 0 aliphatic carbocycles. The van der Waals surface area contributed by atoms with Crippen LogP contribution < -0.4 is 10.1 Å². The first-order chi connectivity index (χ1) is 13.4. The van der Waals surface area contributed by atoms with Gasteiger partial charge in [0.1, 0.15) is 11.3 Å². The molecule has 3 rings (SSSR count). The van der Waals surface area contributed by atoms with Gasteiger partial charge in [-0.3, -0.25) is 9.78 Å². The first-order valence-corrected chi connectivity index (χ1v) is 10.0. The Hall–Kier alpha value is -2.97. The molecule has 8 heteroatoms. The molecule has 0 bridgehead atoms. The molecule has 2 aromatic carbocycles. The van der Waals surface area contributed by atoms with Gasteiger partial charge >= 0.3 is 0 Å². The largest absolute Gasteiger partial charge is 0.494 e. The highest BCUT2D eigenvalue weighted by Gasteiger charge is 2.22. The number of hydrogen-bond donors (Lipinski definition) is 1. The van der Waals surface area contributed by atoms with Crippen molar-refractivity contribution in [2.75, 3.05) is 21.2 Å². The predicted molar refractivity (Wildman–Crippen MR) is 107 cm³/mol. The monoisotopic (exact) mass is 399 g/mol. The molecule has 0 spiro atoms. The maximum absolute atomic E-state index is 12.9. The number of sulfonamides is 1. The number of carbonyl (C=O) groups excluding carboxylic acids is 1. The third-order valence-corrected chi connectivity index (χ3v) is 6.31. The first-order valence-electron chi connectivity index (χ1n) is 8.57.